The van der Waals surface area contributed by atoms with Crippen LogP contribution in [0.1, 0.15) is 5.56 Å². The first-order valence-corrected chi connectivity index (χ1v) is 10.2. The lowest BCUT2D eigenvalue weighted by Gasteiger charge is -2.34. The van der Waals surface area contributed by atoms with Crippen molar-refractivity contribution in [2.24, 2.45) is 4.99 Å². The minimum Gasteiger partial charge on any atom is -0.351 e. The molecule has 2 aromatic rings. The van der Waals surface area contributed by atoms with Gasteiger partial charge in [0, 0.05) is 32.7 Å². The maximum atomic E-state index is 12.3. The van der Waals surface area contributed by atoms with Crippen molar-refractivity contribution in [3.05, 3.63) is 66.2 Å². The minimum absolute atomic E-state index is 0.0266. The van der Waals surface area contributed by atoms with Crippen molar-refractivity contribution in [2.75, 3.05) is 39.0 Å². The highest BCUT2D eigenvalue weighted by Crippen LogP contribution is 2.18. The molecule has 1 amide bonds. The Hall–Kier alpha value is -2.31. The molecular formula is C21H26N4OS. The van der Waals surface area contributed by atoms with Crippen molar-refractivity contribution in [2.45, 2.75) is 6.54 Å². The summed E-state index contributed by atoms with van der Waals surface area (Å²) in [6, 6.07) is 19.9. The van der Waals surface area contributed by atoms with Gasteiger partial charge in [0.15, 0.2) is 5.17 Å². The number of carbonyl (C=O) groups is 1. The summed E-state index contributed by atoms with van der Waals surface area (Å²) in [6.07, 6.45) is 0. The Bertz CT molecular complexity index is 743. The summed E-state index contributed by atoms with van der Waals surface area (Å²) in [5.41, 5.74) is 2.02. The molecule has 0 bridgehead atoms. The van der Waals surface area contributed by atoms with Crippen molar-refractivity contribution in [1.29, 1.82) is 0 Å². The van der Waals surface area contributed by atoms with Crippen molar-refractivity contribution in [3.8, 4) is 0 Å². The van der Waals surface area contributed by atoms with Crippen molar-refractivity contribution < 1.29 is 4.79 Å². The molecule has 1 saturated heterocycles. The van der Waals surface area contributed by atoms with Gasteiger partial charge < -0.3 is 15.1 Å². The van der Waals surface area contributed by atoms with Gasteiger partial charge in [-0.1, -0.05) is 60.3 Å². The first-order valence-electron chi connectivity index (χ1n) is 9.21. The second kappa shape index (κ2) is 10.1. The van der Waals surface area contributed by atoms with Crippen LogP contribution in [0.2, 0.25) is 0 Å². The summed E-state index contributed by atoms with van der Waals surface area (Å²) in [4.78, 5) is 21.7. The quantitative estimate of drug-likeness (QED) is 0.638. The molecule has 1 N–H and O–H groups in total. The molecule has 27 heavy (non-hydrogen) atoms. The zero-order valence-corrected chi connectivity index (χ0v) is 16.5. The fourth-order valence-electron chi connectivity index (χ4n) is 2.78. The van der Waals surface area contributed by atoms with Gasteiger partial charge in [0.1, 0.15) is 0 Å². The predicted octanol–water partition coefficient (Wildman–Crippen LogP) is 2.97. The number of nitrogens with one attached hydrogen (secondary N) is 1. The van der Waals surface area contributed by atoms with Crippen LogP contribution >= 0.6 is 11.8 Å². The molecule has 6 heteroatoms. The molecule has 0 spiro atoms. The van der Waals surface area contributed by atoms with Crippen LogP contribution in [0.4, 0.5) is 5.69 Å². The van der Waals surface area contributed by atoms with E-state index in [1.807, 2.05) is 60.7 Å². The summed E-state index contributed by atoms with van der Waals surface area (Å²) in [6.45, 7) is 4.44. The van der Waals surface area contributed by atoms with Crippen LogP contribution in [0.5, 0.6) is 0 Å². The highest BCUT2D eigenvalue weighted by Gasteiger charge is 2.19. The van der Waals surface area contributed by atoms with Crippen LogP contribution in [0, 0.1) is 0 Å². The SMILES string of the molecule is CN1CCN(C(=Nc2ccccc2)SCC(=O)NCc2ccccc2)CC1. The average Bonchev–Trinajstić information content (AvgIpc) is 2.72. The van der Waals surface area contributed by atoms with E-state index >= 15 is 0 Å². The molecule has 0 saturated carbocycles. The lowest BCUT2D eigenvalue weighted by Crippen LogP contribution is -2.46. The zero-order chi connectivity index (χ0) is 18.9. The van der Waals surface area contributed by atoms with Gasteiger partial charge in [-0.25, -0.2) is 4.99 Å². The van der Waals surface area contributed by atoms with Gasteiger partial charge in [-0.3, -0.25) is 4.79 Å². The number of amides is 1. The molecule has 0 unspecified atom stereocenters. The molecule has 0 atom stereocenters. The highest BCUT2D eigenvalue weighted by atomic mass is 32.2. The molecule has 0 aromatic heterocycles. The second-order valence-electron chi connectivity index (χ2n) is 6.57. The van der Waals surface area contributed by atoms with Gasteiger partial charge in [-0.05, 0) is 24.7 Å². The number of amidine groups is 1. The smallest absolute Gasteiger partial charge is 0.230 e. The summed E-state index contributed by atoms with van der Waals surface area (Å²) >= 11 is 1.51. The third-order valence-electron chi connectivity index (χ3n) is 4.42. The number of aliphatic imine (C=N–C) groups is 1. The van der Waals surface area contributed by atoms with E-state index in [-0.39, 0.29) is 5.91 Å². The molecule has 3 rings (SSSR count). The number of thioether (sulfide) groups is 1. The Morgan fingerprint density at radius 2 is 1.63 bits per heavy atom. The number of hydrogen-bond donors (Lipinski definition) is 1. The third kappa shape index (κ3) is 6.41. The first-order chi connectivity index (χ1) is 13.2. The number of carbonyl (C=O) groups excluding carboxylic acids is 1. The molecule has 142 valence electrons. The second-order valence-corrected chi connectivity index (χ2v) is 7.51. The van der Waals surface area contributed by atoms with Crippen LogP contribution in [-0.4, -0.2) is 59.9 Å². The van der Waals surface area contributed by atoms with Crippen molar-refractivity contribution in [1.82, 2.24) is 15.1 Å². The van der Waals surface area contributed by atoms with E-state index in [0.717, 1.165) is 42.6 Å². The molecule has 1 aliphatic heterocycles. The molecule has 0 radical (unpaired) electrons. The van der Waals surface area contributed by atoms with E-state index < -0.39 is 0 Å². The Labute approximate surface area is 165 Å². The van der Waals surface area contributed by atoms with E-state index in [1.165, 1.54) is 11.8 Å². The van der Waals surface area contributed by atoms with Crippen LogP contribution in [0.3, 0.4) is 0 Å². The van der Waals surface area contributed by atoms with Crippen LogP contribution < -0.4 is 5.32 Å². The van der Waals surface area contributed by atoms with E-state index in [1.54, 1.807) is 0 Å². The normalized spacial score (nSPS) is 15.6. The Morgan fingerprint density at radius 1 is 1.00 bits per heavy atom. The number of hydrogen-bond acceptors (Lipinski definition) is 4. The van der Waals surface area contributed by atoms with Gasteiger partial charge in [-0.15, -0.1) is 0 Å². The fraction of sp³-hybridized carbons (Fsp3) is 0.333. The van der Waals surface area contributed by atoms with Crippen LogP contribution in [0.15, 0.2) is 65.7 Å². The summed E-state index contributed by atoms with van der Waals surface area (Å²) in [5.74, 6) is 0.393. The predicted molar refractivity (Wildman–Crippen MR) is 113 cm³/mol. The standard InChI is InChI=1S/C21H26N4OS/c1-24-12-14-25(15-13-24)21(23-19-10-6-3-7-11-19)27-17-20(26)22-16-18-8-4-2-5-9-18/h2-11H,12-17H2,1H3,(H,22,26). The first kappa shape index (κ1) is 19.5. The fourth-order valence-corrected chi connectivity index (χ4v) is 3.68. The molecule has 5 nitrogen and oxygen atoms in total. The van der Waals surface area contributed by atoms with Crippen LogP contribution in [0.25, 0.3) is 0 Å². The molecule has 1 heterocycles. The summed E-state index contributed by atoms with van der Waals surface area (Å²) < 4.78 is 0. The van der Waals surface area contributed by atoms with Gasteiger partial charge in [0.2, 0.25) is 5.91 Å². The zero-order valence-electron chi connectivity index (χ0n) is 15.7. The highest BCUT2D eigenvalue weighted by molar-refractivity contribution is 8.14. The molecule has 0 aliphatic carbocycles. The van der Waals surface area contributed by atoms with E-state index in [9.17, 15) is 4.79 Å². The van der Waals surface area contributed by atoms with Crippen molar-refractivity contribution in [3.63, 3.8) is 0 Å². The molecule has 1 fully saturated rings. The Morgan fingerprint density at radius 3 is 2.30 bits per heavy atom. The monoisotopic (exact) mass is 382 g/mol. The van der Waals surface area contributed by atoms with E-state index in [0.29, 0.717) is 12.3 Å². The molecular weight excluding hydrogens is 356 g/mol. The number of likely N-dealkylation sites (N-methyl/N-ethyl adjacent to an activating group) is 1. The largest absolute Gasteiger partial charge is 0.351 e. The number of piperazine rings is 1. The Kier molecular flexibility index (Phi) is 7.30. The van der Waals surface area contributed by atoms with Crippen LogP contribution in [-0.2, 0) is 11.3 Å². The maximum absolute atomic E-state index is 12.3. The minimum atomic E-state index is 0.0266. The average molecular weight is 383 g/mol. The van der Waals surface area contributed by atoms with E-state index in [2.05, 4.69) is 22.2 Å². The van der Waals surface area contributed by atoms with E-state index in [4.69, 9.17) is 4.99 Å². The number of nitrogens with zero attached hydrogens (tertiary/aromatic N) is 3. The van der Waals surface area contributed by atoms with Gasteiger partial charge >= 0.3 is 0 Å². The van der Waals surface area contributed by atoms with Crippen molar-refractivity contribution >= 4 is 28.5 Å². The third-order valence-corrected chi connectivity index (χ3v) is 5.43. The molecule has 1 aliphatic rings. The summed E-state index contributed by atoms with van der Waals surface area (Å²) in [7, 11) is 2.13. The lowest BCUT2D eigenvalue weighted by molar-refractivity contribution is -0.118. The van der Waals surface area contributed by atoms with Gasteiger partial charge in [-0.2, -0.15) is 0 Å². The maximum Gasteiger partial charge on any atom is 0.230 e. The topological polar surface area (TPSA) is 47.9 Å². The summed E-state index contributed by atoms with van der Waals surface area (Å²) in [5, 5.41) is 3.91. The van der Waals surface area contributed by atoms with Gasteiger partial charge in [0.25, 0.3) is 0 Å². The number of rotatable bonds is 5. The number of para-hydroxylation sites is 1. The molecule has 2 aromatic carbocycles. The Balaban J connectivity index is 1.59. The number of benzene rings is 2. The lowest BCUT2D eigenvalue weighted by atomic mass is 10.2. The van der Waals surface area contributed by atoms with Gasteiger partial charge in [0.05, 0.1) is 11.4 Å².